The van der Waals surface area contributed by atoms with Crippen molar-refractivity contribution in [3.05, 3.63) is 0 Å². The number of carboxylic acids is 1. The van der Waals surface area contributed by atoms with Crippen molar-refractivity contribution < 1.29 is 19.5 Å². The number of hydrogen-bond donors (Lipinski definition) is 1. The summed E-state index contributed by atoms with van der Waals surface area (Å²) in [4.78, 5) is 34.8. The second-order valence-electron chi connectivity index (χ2n) is 4.12. The van der Waals surface area contributed by atoms with Crippen LogP contribution in [-0.2, 0) is 14.4 Å². The van der Waals surface area contributed by atoms with Gasteiger partial charge >= 0.3 is 5.97 Å². The quantitative estimate of drug-likeness (QED) is 0.724. The molecule has 0 aromatic heterocycles. The first-order chi connectivity index (χ1) is 7.54. The topological polar surface area (TPSA) is 74.7 Å². The molecule has 5 heteroatoms. The predicted molar refractivity (Wildman–Crippen MR) is 56.9 cm³/mol. The van der Waals surface area contributed by atoms with E-state index in [0.717, 1.165) is 6.42 Å². The fourth-order valence-corrected chi connectivity index (χ4v) is 1.82. The first-order valence-corrected chi connectivity index (χ1v) is 5.56. The highest BCUT2D eigenvalue weighted by atomic mass is 16.4. The molecule has 0 bridgehead atoms. The molecule has 0 aromatic carbocycles. The third kappa shape index (κ3) is 3.32. The van der Waals surface area contributed by atoms with Crippen molar-refractivity contribution in [3.63, 3.8) is 0 Å². The number of hydrogen-bond acceptors (Lipinski definition) is 3. The molecule has 1 heterocycles. The highest BCUT2D eigenvalue weighted by Gasteiger charge is 2.33. The molecule has 1 unspecified atom stereocenters. The van der Waals surface area contributed by atoms with Crippen LogP contribution in [0.15, 0.2) is 0 Å². The molecule has 0 spiro atoms. The summed E-state index contributed by atoms with van der Waals surface area (Å²) in [5, 5.41) is 8.76. The van der Waals surface area contributed by atoms with Crippen LogP contribution in [0.4, 0.5) is 0 Å². The summed E-state index contributed by atoms with van der Waals surface area (Å²) in [6.45, 7) is 2.54. The van der Waals surface area contributed by atoms with Gasteiger partial charge in [0, 0.05) is 32.4 Å². The van der Waals surface area contributed by atoms with Crippen molar-refractivity contribution in [2.75, 3.05) is 13.1 Å². The van der Waals surface area contributed by atoms with Crippen LogP contribution >= 0.6 is 0 Å². The SMILES string of the molecule is CCCC(=O)CCN1CC(C(=O)O)CC1=O. The molecule has 0 radical (unpaired) electrons. The fraction of sp³-hybridized carbons (Fsp3) is 0.727. The van der Waals surface area contributed by atoms with E-state index in [1.54, 1.807) is 0 Å². The molecule has 1 fully saturated rings. The lowest BCUT2D eigenvalue weighted by Crippen LogP contribution is -2.28. The van der Waals surface area contributed by atoms with Gasteiger partial charge in [0.2, 0.25) is 5.91 Å². The molecule has 0 aliphatic carbocycles. The zero-order chi connectivity index (χ0) is 12.1. The smallest absolute Gasteiger partial charge is 0.308 e. The van der Waals surface area contributed by atoms with Crippen molar-refractivity contribution in [3.8, 4) is 0 Å². The summed E-state index contributed by atoms with van der Waals surface area (Å²) in [6.07, 6.45) is 1.75. The van der Waals surface area contributed by atoms with E-state index in [1.807, 2.05) is 6.92 Å². The molecule has 0 aromatic rings. The third-order valence-corrected chi connectivity index (χ3v) is 2.75. The Hall–Kier alpha value is -1.39. The standard InChI is InChI=1S/C11H17NO4/c1-2-3-9(13)4-5-12-7-8(11(15)16)6-10(12)14/h8H,2-7H2,1H3,(H,15,16). The monoisotopic (exact) mass is 227 g/mol. The Labute approximate surface area is 94.4 Å². The minimum Gasteiger partial charge on any atom is -0.481 e. The molecule has 1 rings (SSSR count). The van der Waals surface area contributed by atoms with Crippen molar-refractivity contribution in [2.45, 2.75) is 32.6 Å². The number of likely N-dealkylation sites (tertiary alicyclic amines) is 1. The Morgan fingerprint density at radius 3 is 2.62 bits per heavy atom. The van der Waals surface area contributed by atoms with Crippen molar-refractivity contribution in [1.29, 1.82) is 0 Å². The van der Waals surface area contributed by atoms with E-state index in [2.05, 4.69) is 0 Å². The van der Waals surface area contributed by atoms with E-state index in [-0.39, 0.29) is 24.7 Å². The van der Waals surface area contributed by atoms with Crippen LogP contribution in [0.3, 0.4) is 0 Å². The third-order valence-electron chi connectivity index (χ3n) is 2.75. The number of nitrogens with zero attached hydrogens (tertiary/aromatic N) is 1. The van der Waals surface area contributed by atoms with E-state index >= 15 is 0 Å². The van der Waals surface area contributed by atoms with E-state index in [9.17, 15) is 14.4 Å². The lowest BCUT2D eigenvalue weighted by Gasteiger charge is -2.14. The Morgan fingerprint density at radius 1 is 1.44 bits per heavy atom. The molecular weight excluding hydrogens is 210 g/mol. The number of Topliss-reactive ketones (excluding diaryl/α,β-unsaturated/α-hetero) is 1. The Kier molecular flexibility index (Phi) is 4.46. The highest BCUT2D eigenvalue weighted by molar-refractivity contribution is 5.86. The normalized spacial score (nSPS) is 20.2. The largest absolute Gasteiger partial charge is 0.481 e. The van der Waals surface area contributed by atoms with E-state index in [0.29, 0.717) is 19.4 Å². The van der Waals surface area contributed by atoms with Gasteiger partial charge in [0.1, 0.15) is 5.78 Å². The maximum absolute atomic E-state index is 11.4. The Balaban J connectivity index is 2.36. The summed E-state index contributed by atoms with van der Waals surface area (Å²) < 4.78 is 0. The van der Waals surface area contributed by atoms with Crippen LogP contribution in [0, 0.1) is 5.92 Å². The molecular formula is C11H17NO4. The Morgan fingerprint density at radius 2 is 2.12 bits per heavy atom. The summed E-state index contributed by atoms with van der Waals surface area (Å²) in [7, 11) is 0. The molecule has 1 saturated heterocycles. The second-order valence-corrected chi connectivity index (χ2v) is 4.12. The molecule has 1 aliphatic heterocycles. The zero-order valence-corrected chi connectivity index (χ0v) is 9.44. The molecule has 5 nitrogen and oxygen atoms in total. The van der Waals surface area contributed by atoms with Gasteiger partial charge in [-0.25, -0.2) is 0 Å². The predicted octanol–water partition coefficient (Wildman–Crippen LogP) is 0.679. The summed E-state index contributed by atoms with van der Waals surface area (Å²) in [5.74, 6) is -1.56. The van der Waals surface area contributed by atoms with Crippen molar-refractivity contribution >= 4 is 17.7 Å². The van der Waals surface area contributed by atoms with E-state index < -0.39 is 11.9 Å². The number of ketones is 1. The van der Waals surface area contributed by atoms with Crippen molar-refractivity contribution in [1.82, 2.24) is 4.90 Å². The Bertz CT molecular complexity index is 300. The maximum Gasteiger partial charge on any atom is 0.308 e. The fourth-order valence-electron chi connectivity index (χ4n) is 1.82. The zero-order valence-electron chi connectivity index (χ0n) is 9.44. The molecule has 1 N–H and O–H groups in total. The minimum absolute atomic E-state index is 0.0668. The second kappa shape index (κ2) is 5.63. The van der Waals surface area contributed by atoms with E-state index in [4.69, 9.17) is 5.11 Å². The molecule has 90 valence electrons. The maximum atomic E-state index is 11.4. The average Bonchev–Trinajstić information content (AvgIpc) is 2.58. The first-order valence-electron chi connectivity index (χ1n) is 5.56. The lowest BCUT2D eigenvalue weighted by molar-refractivity contribution is -0.141. The average molecular weight is 227 g/mol. The number of amides is 1. The lowest BCUT2D eigenvalue weighted by atomic mass is 10.1. The number of carbonyl (C=O) groups excluding carboxylic acids is 2. The van der Waals surface area contributed by atoms with Gasteiger partial charge in [-0.2, -0.15) is 0 Å². The van der Waals surface area contributed by atoms with Crippen LogP contribution in [0.25, 0.3) is 0 Å². The minimum atomic E-state index is -0.935. The van der Waals surface area contributed by atoms with Gasteiger partial charge < -0.3 is 10.0 Å². The number of carboxylic acid groups (broad SMARTS) is 1. The van der Waals surface area contributed by atoms with Crippen LogP contribution < -0.4 is 0 Å². The molecule has 1 atom stereocenters. The highest BCUT2D eigenvalue weighted by Crippen LogP contribution is 2.18. The molecule has 16 heavy (non-hydrogen) atoms. The molecule has 1 amide bonds. The van der Waals surface area contributed by atoms with Crippen LogP contribution in [0.5, 0.6) is 0 Å². The molecule has 0 saturated carbocycles. The number of aliphatic carboxylic acids is 1. The summed E-state index contributed by atoms with van der Waals surface area (Å²) in [6, 6.07) is 0. The van der Waals surface area contributed by atoms with E-state index in [1.165, 1.54) is 4.90 Å². The molecule has 1 aliphatic rings. The first kappa shape index (κ1) is 12.7. The number of rotatable bonds is 6. The van der Waals surface area contributed by atoms with Gasteiger partial charge in [0.15, 0.2) is 0 Å². The summed E-state index contributed by atoms with van der Waals surface area (Å²) in [5.41, 5.74) is 0. The summed E-state index contributed by atoms with van der Waals surface area (Å²) >= 11 is 0. The van der Waals surface area contributed by atoms with Gasteiger partial charge in [-0.05, 0) is 6.42 Å². The van der Waals surface area contributed by atoms with Crippen LogP contribution in [0.1, 0.15) is 32.6 Å². The van der Waals surface area contributed by atoms with Crippen LogP contribution in [-0.4, -0.2) is 40.8 Å². The number of carbonyl (C=O) groups is 3. The van der Waals surface area contributed by atoms with Gasteiger partial charge in [-0.3, -0.25) is 14.4 Å². The van der Waals surface area contributed by atoms with Gasteiger partial charge in [-0.1, -0.05) is 6.92 Å². The van der Waals surface area contributed by atoms with Gasteiger partial charge in [-0.15, -0.1) is 0 Å². The van der Waals surface area contributed by atoms with Gasteiger partial charge in [0.05, 0.1) is 5.92 Å². The van der Waals surface area contributed by atoms with Crippen molar-refractivity contribution in [2.24, 2.45) is 5.92 Å². The van der Waals surface area contributed by atoms with Gasteiger partial charge in [0.25, 0.3) is 0 Å². The van der Waals surface area contributed by atoms with Crippen LogP contribution in [0.2, 0.25) is 0 Å².